The maximum atomic E-state index is 12.6. The predicted molar refractivity (Wildman–Crippen MR) is 64.0 cm³/mol. The summed E-state index contributed by atoms with van der Waals surface area (Å²) in [6, 6.07) is -0.122. The standard InChI is InChI=1S/C9H11BrF3N5/c10-6-3-15-8(17-14)16-7(6)18(5-1-2-5)4-9(11,12)13/h3,5H,1-2,4,14H2,(H,15,16,17). The number of aromatic nitrogens is 2. The van der Waals surface area contributed by atoms with Crippen molar-refractivity contribution in [3.8, 4) is 0 Å². The van der Waals surface area contributed by atoms with Crippen molar-refractivity contribution in [3.63, 3.8) is 0 Å². The Kier molecular flexibility index (Phi) is 3.62. The second kappa shape index (κ2) is 4.88. The van der Waals surface area contributed by atoms with E-state index in [0.717, 1.165) is 12.8 Å². The van der Waals surface area contributed by atoms with Crippen molar-refractivity contribution in [1.82, 2.24) is 9.97 Å². The van der Waals surface area contributed by atoms with Crippen LogP contribution in [0.1, 0.15) is 12.8 Å². The van der Waals surface area contributed by atoms with Crippen LogP contribution in [0.3, 0.4) is 0 Å². The van der Waals surface area contributed by atoms with Crippen molar-refractivity contribution in [2.75, 3.05) is 16.9 Å². The summed E-state index contributed by atoms with van der Waals surface area (Å²) < 4.78 is 38.1. The van der Waals surface area contributed by atoms with Gasteiger partial charge in [0.1, 0.15) is 12.4 Å². The quantitative estimate of drug-likeness (QED) is 0.655. The number of hydrazine groups is 1. The van der Waals surface area contributed by atoms with Crippen molar-refractivity contribution in [1.29, 1.82) is 0 Å². The van der Waals surface area contributed by atoms with Crippen LogP contribution in [-0.2, 0) is 0 Å². The Morgan fingerprint density at radius 1 is 1.50 bits per heavy atom. The van der Waals surface area contributed by atoms with Crippen LogP contribution in [0.4, 0.5) is 24.9 Å². The lowest BCUT2D eigenvalue weighted by molar-refractivity contribution is -0.120. The molecule has 100 valence electrons. The van der Waals surface area contributed by atoms with Crippen molar-refractivity contribution in [2.24, 2.45) is 5.84 Å². The zero-order chi connectivity index (χ0) is 13.3. The SMILES string of the molecule is NNc1ncc(Br)c(N(CC(F)(F)F)C2CC2)n1. The third-order valence-electron chi connectivity index (χ3n) is 2.46. The van der Waals surface area contributed by atoms with Gasteiger partial charge in [0.25, 0.3) is 0 Å². The van der Waals surface area contributed by atoms with Gasteiger partial charge in [0.05, 0.1) is 4.47 Å². The smallest absolute Gasteiger partial charge is 0.343 e. The first-order valence-corrected chi connectivity index (χ1v) is 6.02. The summed E-state index contributed by atoms with van der Waals surface area (Å²) in [5.74, 6) is 5.45. The number of nitrogens with zero attached hydrogens (tertiary/aromatic N) is 3. The fourth-order valence-electron chi connectivity index (χ4n) is 1.59. The Hall–Kier alpha value is -1.09. The van der Waals surface area contributed by atoms with Gasteiger partial charge in [0.15, 0.2) is 0 Å². The average molecular weight is 326 g/mol. The second-order valence-electron chi connectivity index (χ2n) is 3.98. The van der Waals surface area contributed by atoms with E-state index in [1.807, 2.05) is 0 Å². The van der Waals surface area contributed by atoms with E-state index in [0.29, 0.717) is 4.47 Å². The van der Waals surface area contributed by atoms with E-state index in [2.05, 4.69) is 31.3 Å². The van der Waals surface area contributed by atoms with Gasteiger partial charge in [-0.3, -0.25) is 5.43 Å². The Bertz CT molecular complexity index is 435. The molecule has 0 unspecified atom stereocenters. The monoisotopic (exact) mass is 325 g/mol. The third kappa shape index (κ3) is 3.22. The highest BCUT2D eigenvalue weighted by Gasteiger charge is 2.39. The molecule has 1 saturated carbocycles. The molecule has 1 aliphatic carbocycles. The normalized spacial score (nSPS) is 15.6. The molecule has 18 heavy (non-hydrogen) atoms. The first-order chi connectivity index (χ1) is 8.40. The van der Waals surface area contributed by atoms with Gasteiger partial charge in [-0.05, 0) is 28.8 Å². The van der Waals surface area contributed by atoms with Crippen LogP contribution in [0.2, 0.25) is 0 Å². The molecule has 5 nitrogen and oxygen atoms in total. The summed E-state index contributed by atoms with van der Waals surface area (Å²) in [4.78, 5) is 9.01. The van der Waals surface area contributed by atoms with Gasteiger partial charge in [-0.15, -0.1) is 0 Å². The molecule has 0 aromatic carbocycles. The average Bonchev–Trinajstić information content (AvgIpc) is 3.09. The van der Waals surface area contributed by atoms with Crippen molar-refractivity contribution >= 4 is 27.7 Å². The molecule has 3 N–H and O–H groups in total. The second-order valence-corrected chi connectivity index (χ2v) is 4.84. The number of alkyl halides is 3. The summed E-state index contributed by atoms with van der Waals surface area (Å²) in [7, 11) is 0. The van der Waals surface area contributed by atoms with Crippen LogP contribution in [-0.4, -0.2) is 28.7 Å². The minimum Gasteiger partial charge on any atom is -0.343 e. The molecule has 0 aliphatic heterocycles. The molecule has 0 bridgehead atoms. The zero-order valence-corrected chi connectivity index (χ0v) is 10.8. The molecule has 0 atom stereocenters. The molecular formula is C9H11BrF3N5. The minimum absolute atomic E-state index is 0.0843. The summed E-state index contributed by atoms with van der Waals surface area (Å²) in [5.41, 5.74) is 2.22. The maximum Gasteiger partial charge on any atom is 0.405 e. The molecule has 1 aliphatic rings. The zero-order valence-electron chi connectivity index (χ0n) is 9.21. The maximum absolute atomic E-state index is 12.6. The van der Waals surface area contributed by atoms with Crippen LogP contribution in [0.5, 0.6) is 0 Å². The summed E-state index contributed by atoms with van der Waals surface area (Å²) in [5, 5.41) is 0. The molecule has 1 fully saturated rings. The van der Waals surface area contributed by atoms with E-state index in [1.165, 1.54) is 11.1 Å². The molecule has 9 heteroatoms. The van der Waals surface area contributed by atoms with E-state index in [9.17, 15) is 13.2 Å². The first kappa shape index (κ1) is 13.3. The van der Waals surface area contributed by atoms with Gasteiger partial charge in [-0.25, -0.2) is 10.8 Å². The lowest BCUT2D eigenvalue weighted by Gasteiger charge is -2.25. The number of hydrogen-bond acceptors (Lipinski definition) is 5. The Labute approximate surface area is 110 Å². The molecule has 2 rings (SSSR count). The highest BCUT2D eigenvalue weighted by Crippen LogP contribution is 2.36. The number of halogens is 4. The number of nitrogen functional groups attached to an aromatic ring is 1. The molecule has 1 aromatic rings. The molecule has 1 aromatic heterocycles. The Morgan fingerprint density at radius 3 is 2.67 bits per heavy atom. The van der Waals surface area contributed by atoms with Crippen LogP contribution in [0.15, 0.2) is 10.7 Å². The lowest BCUT2D eigenvalue weighted by atomic mass is 10.4. The van der Waals surface area contributed by atoms with Crippen LogP contribution < -0.4 is 16.2 Å². The Morgan fingerprint density at radius 2 is 2.17 bits per heavy atom. The van der Waals surface area contributed by atoms with Gasteiger partial charge < -0.3 is 4.90 Å². The van der Waals surface area contributed by atoms with Gasteiger partial charge in [-0.2, -0.15) is 18.2 Å². The molecule has 0 saturated heterocycles. The molecule has 0 radical (unpaired) electrons. The van der Waals surface area contributed by atoms with Crippen LogP contribution >= 0.6 is 15.9 Å². The van der Waals surface area contributed by atoms with E-state index in [4.69, 9.17) is 5.84 Å². The van der Waals surface area contributed by atoms with Gasteiger partial charge >= 0.3 is 6.18 Å². The minimum atomic E-state index is -4.27. The summed E-state index contributed by atoms with van der Waals surface area (Å²) >= 11 is 3.16. The molecule has 1 heterocycles. The van der Waals surface area contributed by atoms with E-state index >= 15 is 0 Å². The highest BCUT2D eigenvalue weighted by atomic mass is 79.9. The number of nitrogens with one attached hydrogen (secondary N) is 1. The van der Waals surface area contributed by atoms with Gasteiger partial charge in [-0.1, -0.05) is 0 Å². The summed E-state index contributed by atoms with van der Waals surface area (Å²) in [6.45, 7) is -1.03. The molecule has 0 amide bonds. The number of rotatable bonds is 4. The molecular weight excluding hydrogens is 315 g/mol. The first-order valence-electron chi connectivity index (χ1n) is 5.23. The molecule has 0 spiro atoms. The van der Waals surface area contributed by atoms with Gasteiger partial charge in [0.2, 0.25) is 5.95 Å². The van der Waals surface area contributed by atoms with Crippen molar-refractivity contribution < 1.29 is 13.2 Å². The predicted octanol–water partition coefficient (Wildman–Crippen LogP) is 2.06. The number of nitrogens with two attached hydrogens (primary N) is 1. The van der Waals surface area contributed by atoms with Crippen LogP contribution in [0, 0.1) is 0 Å². The number of hydrogen-bond donors (Lipinski definition) is 2. The topological polar surface area (TPSA) is 67.1 Å². The number of anilines is 2. The van der Waals surface area contributed by atoms with E-state index in [-0.39, 0.29) is 17.8 Å². The van der Waals surface area contributed by atoms with E-state index < -0.39 is 12.7 Å². The lowest BCUT2D eigenvalue weighted by Crippen LogP contribution is -2.37. The van der Waals surface area contributed by atoms with Crippen molar-refractivity contribution in [2.45, 2.75) is 25.1 Å². The Balaban J connectivity index is 2.30. The van der Waals surface area contributed by atoms with Gasteiger partial charge in [0, 0.05) is 12.2 Å². The largest absolute Gasteiger partial charge is 0.405 e. The van der Waals surface area contributed by atoms with Crippen LogP contribution in [0.25, 0.3) is 0 Å². The van der Waals surface area contributed by atoms with Crippen molar-refractivity contribution in [3.05, 3.63) is 10.7 Å². The fourth-order valence-corrected chi connectivity index (χ4v) is 2.00. The highest BCUT2D eigenvalue weighted by molar-refractivity contribution is 9.10. The third-order valence-corrected chi connectivity index (χ3v) is 3.02. The van der Waals surface area contributed by atoms with E-state index in [1.54, 1.807) is 0 Å². The summed E-state index contributed by atoms with van der Waals surface area (Å²) in [6.07, 6.45) is -1.43. The fraction of sp³-hybridized carbons (Fsp3) is 0.556.